The van der Waals surface area contributed by atoms with Gasteiger partial charge in [-0.2, -0.15) is 0 Å². The van der Waals surface area contributed by atoms with Crippen LogP contribution in [0.15, 0.2) is 47.3 Å². The Bertz CT molecular complexity index is 864. The van der Waals surface area contributed by atoms with Gasteiger partial charge in [-0.1, -0.05) is 12.1 Å². The Morgan fingerprint density at radius 1 is 1.14 bits per heavy atom. The van der Waals surface area contributed by atoms with Crippen molar-refractivity contribution in [3.8, 4) is 5.75 Å². The number of fused-ring (bicyclic) bond motifs is 1. The van der Waals surface area contributed by atoms with E-state index in [2.05, 4.69) is 0 Å². The van der Waals surface area contributed by atoms with Gasteiger partial charge in [0.25, 0.3) is 0 Å². The first-order valence-electron chi connectivity index (χ1n) is 6.58. The van der Waals surface area contributed by atoms with Crippen molar-refractivity contribution in [2.24, 2.45) is 7.05 Å². The van der Waals surface area contributed by atoms with Crippen LogP contribution in [0, 0.1) is 5.82 Å². The monoisotopic (exact) mass is 286 g/mol. The van der Waals surface area contributed by atoms with Gasteiger partial charge in [-0.05, 0) is 30.3 Å². The Hall–Kier alpha value is -2.56. The lowest BCUT2D eigenvalue weighted by atomic mass is 10.2. The molecule has 0 aliphatic carbocycles. The number of aryl methyl sites for hydroxylation is 1. The van der Waals surface area contributed by atoms with Gasteiger partial charge in [-0.15, -0.1) is 0 Å². The molecule has 0 amide bonds. The summed E-state index contributed by atoms with van der Waals surface area (Å²) in [5.41, 5.74) is 2.16. The lowest BCUT2D eigenvalue weighted by Crippen LogP contribution is -2.22. The zero-order valence-electron chi connectivity index (χ0n) is 11.8. The third-order valence-electron chi connectivity index (χ3n) is 3.62. The van der Waals surface area contributed by atoms with Gasteiger partial charge in [0.1, 0.15) is 11.6 Å². The van der Waals surface area contributed by atoms with Crippen molar-refractivity contribution in [1.82, 2.24) is 9.13 Å². The zero-order chi connectivity index (χ0) is 15.0. The van der Waals surface area contributed by atoms with Crippen LogP contribution in [-0.4, -0.2) is 16.2 Å². The van der Waals surface area contributed by atoms with Crippen LogP contribution in [0.4, 0.5) is 4.39 Å². The minimum atomic E-state index is -0.348. The highest BCUT2D eigenvalue weighted by Gasteiger charge is 2.13. The maximum atomic E-state index is 13.5. The Kier molecular flexibility index (Phi) is 3.25. The number of methoxy groups -OCH3 is 1. The predicted molar refractivity (Wildman–Crippen MR) is 79.2 cm³/mol. The van der Waals surface area contributed by atoms with Crippen LogP contribution in [0.5, 0.6) is 5.75 Å². The largest absolute Gasteiger partial charge is 0.496 e. The number of aromatic nitrogens is 2. The molecular weight excluding hydrogens is 271 g/mol. The Balaban J connectivity index is 2.17. The van der Waals surface area contributed by atoms with Crippen molar-refractivity contribution < 1.29 is 9.13 Å². The van der Waals surface area contributed by atoms with Crippen LogP contribution in [0.2, 0.25) is 0 Å². The molecule has 2 aromatic carbocycles. The summed E-state index contributed by atoms with van der Waals surface area (Å²) in [5, 5.41) is 0. The number of nitrogens with zero attached hydrogens (tertiary/aromatic N) is 2. The molecule has 21 heavy (non-hydrogen) atoms. The molecule has 0 atom stereocenters. The molecule has 0 spiro atoms. The molecule has 3 rings (SSSR count). The van der Waals surface area contributed by atoms with Crippen LogP contribution in [0.1, 0.15) is 5.56 Å². The van der Waals surface area contributed by atoms with Crippen LogP contribution >= 0.6 is 0 Å². The number of ether oxygens (including phenoxy) is 1. The molecule has 0 saturated carbocycles. The summed E-state index contributed by atoms with van der Waals surface area (Å²) in [6, 6.07) is 11.8. The molecule has 0 aliphatic rings. The normalized spacial score (nSPS) is 11.0. The summed E-state index contributed by atoms with van der Waals surface area (Å²) in [6.45, 7) is 0.265. The maximum absolute atomic E-state index is 13.5. The molecule has 108 valence electrons. The SMILES string of the molecule is COc1ccc(F)cc1Cn1c(=O)n(C)c2ccccc21. The van der Waals surface area contributed by atoms with E-state index in [1.807, 2.05) is 24.3 Å². The van der Waals surface area contributed by atoms with E-state index in [0.29, 0.717) is 11.3 Å². The fraction of sp³-hybridized carbons (Fsp3) is 0.188. The number of rotatable bonds is 3. The highest BCUT2D eigenvalue weighted by atomic mass is 19.1. The van der Waals surface area contributed by atoms with E-state index >= 15 is 0 Å². The van der Waals surface area contributed by atoms with Gasteiger partial charge in [0.15, 0.2) is 0 Å². The van der Waals surface area contributed by atoms with E-state index in [1.54, 1.807) is 22.2 Å². The van der Waals surface area contributed by atoms with Crippen LogP contribution in [-0.2, 0) is 13.6 Å². The Morgan fingerprint density at radius 2 is 1.86 bits per heavy atom. The second-order valence-corrected chi connectivity index (χ2v) is 4.87. The van der Waals surface area contributed by atoms with Gasteiger partial charge in [0, 0.05) is 12.6 Å². The van der Waals surface area contributed by atoms with Crippen molar-refractivity contribution in [1.29, 1.82) is 0 Å². The molecule has 0 N–H and O–H groups in total. The van der Waals surface area contributed by atoms with Gasteiger partial charge in [0.2, 0.25) is 0 Å². The average molecular weight is 286 g/mol. The molecule has 0 radical (unpaired) electrons. The third kappa shape index (κ3) is 2.20. The summed E-state index contributed by atoms with van der Waals surface area (Å²) >= 11 is 0. The molecule has 3 aromatic rings. The van der Waals surface area contributed by atoms with Crippen molar-refractivity contribution in [2.45, 2.75) is 6.54 Å². The maximum Gasteiger partial charge on any atom is 0.329 e. The van der Waals surface area contributed by atoms with E-state index in [-0.39, 0.29) is 18.1 Å². The van der Waals surface area contributed by atoms with Crippen LogP contribution in [0.3, 0.4) is 0 Å². The van der Waals surface area contributed by atoms with Crippen molar-refractivity contribution in [3.63, 3.8) is 0 Å². The van der Waals surface area contributed by atoms with Crippen molar-refractivity contribution >= 4 is 11.0 Å². The molecule has 1 heterocycles. The summed E-state index contributed by atoms with van der Waals surface area (Å²) in [4.78, 5) is 12.4. The quantitative estimate of drug-likeness (QED) is 0.742. The summed E-state index contributed by atoms with van der Waals surface area (Å²) < 4.78 is 21.9. The molecule has 5 heteroatoms. The molecule has 0 bridgehead atoms. The van der Waals surface area contributed by atoms with Gasteiger partial charge in [-0.25, -0.2) is 9.18 Å². The van der Waals surface area contributed by atoms with Gasteiger partial charge < -0.3 is 4.74 Å². The highest BCUT2D eigenvalue weighted by molar-refractivity contribution is 5.76. The number of para-hydroxylation sites is 2. The van der Waals surface area contributed by atoms with E-state index in [1.165, 1.54) is 19.2 Å². The van der Waals surface area contributed by atoms with Gasteiger partial charge in [-0.3, -0.25) is 9.13 Å². The lowest BCUT2D eigenvalue weighted by molar-refractivity contribution is 0.407. The molecule has 0 fully saturated rings. The number of hydrogen-bond acceptors (Lipinski definition) is 2. The standard InChI is InChI=1S/C16H15FN2O2/c1-18-13-5-3-4-6-14(13)19(16(18)20)10-11-9-12(17)7-8-15(11)21-2/h3-9H,10H2,1-2H3. The average Bonchev–Trinajstić information content (AvgIpc) is 2.73. The first-order valence-corrected chi connectivity index (χ1v) is 6.58. The lowest BCUT2D eigenvalue weighted by Gasteiger charge is -2.09. The van der Waals surface area contributed by atoms with Crippen molar-refractivity contribution in [2.75, 3.05) is 7.11 Å². The highest BCUT2D eigenvalue weighted by Crippen LogP contribution is 2.21. The topological polar surface area (TPSA) is 36.2 Å². The Labute approximate surface area is 121 Å². The summed E-state index contributed by atoms with van der Waals surface area (Å²) in [5.74, 6) is 0.218. The first kappa shape index (κ1) is 13.4. The number of benzene rings is 2. The predicted octanol–water partition coefficient (Wildman–Crippen LogP) is 2.54. The summed E-state index contributed by atoms with van der Waals surface area (Å²) in [6.07, 6.45) is 0. The van der Waals surface area contributed by atoms with E-state index < -0.39 is 0 Å². The Morgan fingerprint density at radius 3 is 2.57 bits per heavy atom. The third-order valence-corrected chi connectivity index (χ3v) is 3.62. The second kappa shape index (κ2) is 5.09. The van der Waals surface area contributed by atoms with Crippen molar-refractivity contribution in [3.05, 3.63) is 64.3 Å². The molecule has 0 aliphatic heterocycles. The molecule has 0 unspecified atom stereocenters. The molecule has 0 saturated heterocycles. The molecule has 1 aromatic heterocycles. The molecular formula is C16H15FN2O2. The van der Waals surface area contributed by atoms with Crippen LogP contribution < -0.4 is 10.4 Å². The minimum absolute atomic E-state index is 0.137. The second-order valence-electron chi connectivity index (χ2n) is 4.87. The number of hydrogen-bond donors (Lipinski definition) is 0. The zero-order valence-corrected chi connectivity index (χ0v) is 11.8. The smallest absolute Gasteiger partial charge is 0.329 e. The number of imidazole rings is 1. The summed E-state index contributed by atoms with van der Waals surface area (Å²) in [7, 11) is 3.26. The first-order chi connectivity index (χ1) is 10.1. The van der Waals surface area contributed by atoms with Gasteiger partial charge >= 0.3 is 5.69 Å². The van der Waals surface area contributed by atoms with Gasteiger partial charge in [0.05, 0.1) is 24.7 Å². The van der Waals surface area contributed by atoms with E-state index in [4.69, 9.17) is 4.74 Å². The van der Waals surface area contributed by atoms with E-state index in [9.17, 15) is 9.18 Å². The number of halogens is 1. The fourth-order valence-electron chi connectivity index (χ4n) is 2.56. The fourth-order valence-corrected chi connectivity index (χ4v) is 2.56. The minimum Gasteiger partial charge on any atom is -0.496 e. The van der Waals surface area contributed by atoms with E-state index in [0.717, 1.165) is 11.0 Å². The van der Waals surface area contributed by atoms with Crippen LogP contribution in [0.25, 0.3) is 11.0 Å². The molecule has 4 nitrogen and oxygen atoms in total.